The van der Waals surface area contributed by atoms with Crippen LogP contribution >= 0.6 is 11.8 Å². The van der Waals surface area contributed by atoms with Gasteiger partial charge in [-0.2, -0.15) is 0 Å². The molecule has 4 atom stereocenters. The number of allylic oxidation sites excluding steroid dienone is 6. The Morgan fingerprint density at radius 3 is 2.83 bits per heavy atom. The molecule has 3 heteroatoms. The summed E-state index contributed by atoms with van der Waals surface area (Å²) >= 11 is 1.92. The summed E-state index contributed by atoms with van der Waals surface area (Å²) in [6.07, 6.45) is 13.4. The van der Waals surface area contributed by atoms with E-state index in [1.54, 1.807) is 0 Å². The molecule has 1 aromatic carbocycles. The summed E-state index contributed by atoms with van der Waals surface area (Å²) in [4.78, 5) is 2.85. The molecule has 2 aliphatic carbocycles. The first-order chi connectivity index (χ1) is 11.1. The Bertz CT molecular complexity index is 834. The van der Waals surface area contributed by atoms with Crippen molar-refractivity contribution in [3.8, 4) is 0 Å². The van der Waals surface area contributed by atoms with Gasteiger partial charge in [0.2, 0.25) is 0 Å². The van der Waals surface area contributed by atoms with E-state index in [0.717, 1.165) is 0 Å². The van der Waals surface area contributed by atoms with Crippen molar-refractivity contribution in [2.24, 2.45) is 17.2 Å². The highest BCUT2D eigenvalue weighted by atomic mass is 32.2. The van der Waals surface area contributed by atoms with E-state index in [0.29, 0.717) is 11.8 Å². The van der Waals surface area contributed by atoms with E-state index in [2.05, 4.69) is 74.6 Å². The molecule has 2 aliphatic heterocycles. The van der Waals surface area contributed by atoms with Gasteiger partial charge in [0, 0.05) is 27.8 Å². The zero-order valence-electron chi connectivity index (χ0n) is 13.4. The summed E-state index contributed by atoms with van der Waals surface area (Å²) in [6.45, 7) is 4.66. The first-order valence-electron chi connectivity index (χ1n) is 8.17. The van der Waals surface area contributed by atoms with E-state index >= 15 is 0 Å². The fourth-order valence-electron chi connectivity index (χ4n) is 5.09. The second kappa shape index (κ2) is 4.22. The van der Waals surface area contributed by atoms with Crippen LogP contribution in [0.4, 0.5) is 0 Å². The highest BCUT2D eigenvalue weighted by Crippen LogP contribution is 2.68. The van der Waals surface area contributed by atoms with Crippen molar-refractivity contribution >= 4 is 11.8 Å². The maximum absolute atomic E-state index is 6.61. The first-order valence-corrected chi connectivity index (χ1v) is 8.98. The Morgan fingerprint density at radius 1 is 1.13 bits per heavy atom. The minimum Gasteiger partial charge on any atom is -0.304 e. The highest BCUT2D eigenvalue weighted by molar-refractivity contribution is 8.03. The van der Waals surface area contributed by atoms with E-state index in [1.165, 1.54) is 21.1 Å². The fourth-order valence-corrected chi connectivity index (χ4v) is 6.42. The van der Waals surface area contributed by atoms with Crippen LogP contribution in [0, 0.1) is 11.3 Å². The van der Waals surface area contributed by atoms with Crippen LogP contribution < -0.4 is 5.84 Å². The quantitative estimate of drug-likeness (QED) is 0.720. The van der Waals surface area contributed by atoms with Crippen molar-refractivity contribution in [3.63, 3.8) is 0 Å². The molecule has 23 heavy (non-hydrogen) atoms. The van der Waals surface area contributed by atoms with Crippen molar-refractivity contribution in [1.82, 2.24) is 5.01 Å². The molecule has 2 heterocycles. The summed E-state index contributed by atoms with van der Waals surface area (Å²) < 4.78 is 0. The molecule has 5 rings (SSSR count). The zero-order chi connectivity index (χ0) is 15.8. The molecule has 1 fully saturated rings. The summed E-state index contributed by atoms with van der Waals surface area (Å²) in [5, 5.41) is 2.01. The van der Waals surface area contributed by atoms with Crippen LogP contribution in [0.3, 0.4) is 0 Å². The summed E-state index contributed by atoms with van der Waals surface area (Å²) in [7, 11) is 0. The molecule has 0 saturated carbocycles. The van der Waals surface area contributed by atoms with Crippen LogP contribution in [0.5, 0.6) is 0 Å². The lowest BCUT2D eigenvalue weighted by Gasteiger charge is -2.41. The minimum atomic E-state index is -0.152. The average molecular weight is 320 g/mol. The van der Waals surface area contributed by atoms with Crippen molar-refractivity contribution in [3.05, 3.63) is 76.9 Å². The van der Waals surface area contributed by atoms with Crippen LogP contribution in [0.1, 0.15) is 25.3 Å². The van der Waals surface area contributed by atoms with Crippen molar-refractivity contribution in [1.29, 1.82) is 0 Å². The topological polar surface area (TPSA) is 29.3 Å². The van der Waals surface area contributed by atoms with Crippen molar-refractivity contribution in [2.75, 3.05) is 0 Å². The van der Waals surface area contributed by atoms with E-state index in [1.807, 2.05) is 16.8 Å². The lowest BCUT2D eigenvalue weighted by Crippen LogP contribution is -2.47. The Balaban J connectivity index is 1.76. The number of nitrogens with zero attached hydrogens (tertiary/aromatic N) is 1. The van der Waals surface area contributed by atoms with Gasteiger partial charge in [-0.3, -0.25) is 0 Å². The Hall–Kier alpha value is -1.71. The molecule has 0 amide bonds. The molecule has 0 radical (unpaired) electrons. The number of rotatable bonds is 0. The van der Waals surface area contributed by atoms with Gasteiger partial charge in [-0.15, -0.1) is 0 Å². The molecule has 1 aromatic rings. The lowest BCUT2D eigenvalue weighted by molar-refractivity contribution is 0.194. The highest BCUT2D eigenvalue weighted by Gasteiger charge is 2.63. The number of fused-ring (bicyclic) bond motifs is 7. The number of hydrogen-bond donors (Lipinski definition) is 1. The molecular weight excluding hydrogens is 300 g/mol. The predicted octanol–water partition coefficient (Wildman–Crippen LogP) is 4.35. The van der Waals surface area contributed by atoms with Gasteiger partial charge < -0.3 is 5.01 Å². The number of benzene rings is 1. The molecular formula is C20H20N2S. The Labute approximate surface area is 141 Å². The van der Waals surface area contributed by atoms with Gasteiger partial charge in [-0.25, -0.2) is 5.84 Å². The van der Waals surface area contributed by atoms with Crippen LogP contribution in [-0.2, 0) is 0 Å². The third-order valence-corrected chi connectivity index (χ3v) is 7.40. The summed E-state index contributed by atoms with van der Waals surface area (Å²) in [6, 6.07) is 8.83. The third-order valence-electron chi connectivity index (χ3n) is 6.20. The van der Waals surface area contributed by atoms with Crippen LogP contribution in [0.25, 0.3) is 0 Å². The first kappa shape index (κ1) is 13.7. The van der Waals surface area contributed by atoms with E-state index in [9.17, 15) is 0 Å². The molecule has 1 saturated heterocycles. The van der Waals surface area contributed by atoms with Crippen molar-refractivity contribution in [2.45, 2.75) is 30.2 Å². The Kier molecular flexibility index (Phi) is 2.52. The largest absolute Gasteiger partial charge is 0.304 e. The average Bonchev–Trinajstić information content (AvgIpc) is 3.01. The number of hydrazine groups is 1. The molecule has 4 unspecified atom stereocenters. The maximum Gasteiger partial charge on any atom is 0.0783 e. The fraction of sp³-hybridized carbons (Fsp3) is 0.300. The van der Waals surface area contributed by atoms with Crippen LogP contribution in [0.15, 0.2) is 76.2 Å². The van der Waals surface area contributed by atoms with Gasteiger partial charge in [0.25, 0.3) is 0 Å². The second-order valence-corrected chi connectivity index (χ2v) is 8.41. The van der Waals surface area contributed by atoms with Crippen LogP contribution in [0.2, 0.25) is 0 Å². The van der Waals surface area contributed by atoms with E-state index in [4.69, 9.17) is 5.84 Å². The molecule has 0 bridgehead atoms. The zero-order valence-corrected chi connectivity index (χ0v) is 14.2. The van der Waals surface area contributed by atoms with Gasteiger partial charge >= 0.3 is 0 Å². The maximum atomic E-state index is 6.61. The van der Waals surface area contributed by atoms with Crippen LogP contribution in [-0.4, -0.2) is 10.5 Å². The molecule has 0 spiro atoms. The molecule has 0 aromatic heterocycles. The van der Waals surface area contributed by atoms with E-state index < -0.39 is 0 Å². The summed E-state index contributed by atoms with van der Waals surface area (Å²) in [5.74, 6) is 7.38. The molecule has 2 N–H and O–H groups in total. The molecule has 4 aliphatic rings. The minimum absolute atomic E-state index is 0.00551. The smallest absolute Gasteiger partial charge is 0.0783 e. The molecule has 2 nitrogen and oxygen atoms in total. The lowest BCUT2D eigenvalue weighted by atomic mass is 9.60. The monoisotopic (exact) mass is 320 g/mol. The standard InChI is InChI=1S/C20H20N2S/c1-19-12-6-5-9-16(19)20(2)17(22(19)21)11-10-15-18(20)13-7-3-4-8-14(13)23-15/h3-12,16,18H,21H2,1-2H3. The predicted molar refractivity (Wildman–Crippen MR) is 95.5 cm³/mol. The van der Waals surface area contributed by atoms with Crippen molar-refractivity contribution < 1.29 is 0 Å². The summed E-state index contributed by atoms with van der Waals surface area (Å²) in [5.41, 5.74) is 2.56. The SMILES string of the molecule is CC12C(=CC=C3Sc4ccccc4C31)N(N)C1(C)C=CC=CC21. The number of hydrogen-bond acceptors (Lipinski definition) is 3. The van der Waals surface area contributed by atoms with Gasteiger partial charge in [-0.05, 0) is 35.6 Å². The normalized spacial score (nSPS) is 39.3. The number of nitrogens with two attached hydrogens (primary N) is 1. The Morgan fingerprint density at radius 2 is 1.96 bits per heavy atom. The second-order valence-electron chi connectivity index (χ2n) is 7.29. The van der Waals surface area contributed by atoms with Gasteiger partial charge in [0.05, 0.1) is 5.54 Å². The van der Waals surface area contributed by atoms with E-state index in [-0.39, 0.29) is 11.0 Å². The molecule has 116 valence electrons. The van der Waals surface area contributed by atoms with Gasteiger partial charge in [0.1, 0.15) is 0 Å². The third kappa shape index (κ3) is 1.46. The van der Waals surface area contributed by atoms with Gasteiger partial charge in [0.15, 0.2) is 0 Å². The van der Waals surface area contributed by atoms with Gasteiger partial charge in [-0.1, -0.05) is 61.2 Å². The number of thioether (sulfide) groups is 1.